The molecular formula is C14H18N2O2. The summed E-state index contributed by atoms with van der Waals surface area (Å²) < 4.78 is 10.8. The van der Waals surface area contributed by atoms with E-state index in [1.165, 1.54) is 0 Å². The van der Waals surface area contributed by atoms with Crippen molar-refractivity contribution in [2.75, 3.05) is 25.6 Å². The fourth-order valence-electron chi connectivity index (χ4n) is 1.81. The van der Waals surface area contributed by atoms with Gasteiger partial charge in [-0.2, -0.15) is 0 Å². The third kappa shape index (κ3) is 2.97. The molecule has 1 aromatic heterocycles. The third-order valence-corrected chi connectivity index (χ3v) is 2.72. The van der Waals surface area contributed by atoms with E-state index >= 15 is 0 Å². The molecule has 0 spiro atoms. The van der Waals surface area contributed by atoms with E-state index in [1.54, 1.807) is 6.20 Å². The average Bonchev–Trinajstić information content (AvgIpc) is 2.41. The zero-order valence-corrected chi connectivity index (χ0v) is 10.6. The molecule has 0 radical (unpaired) electrons. The Hall–Kier alpha value is -1.65. The number of fused-ring (bicyclic) bond motifs is 1. The molecule has 0 aliphatic carbocycles. The number of benzene rings is 1. The lowest BCUT2D eigenvalue weighted by atomic mass is 10.1. The Morgan fingerprint density at radius 3 is 2.83 bits per heavy atom. The molecule has 0 saturated carbocycles. The molecule has 4 nitrogen and oxygen atoms in total. The summed E-state index contributed by atoms with van der Waals surface area (Å²) in [6.07, 6.45) is 1.77. The zero-order valence-electron chi connectivity index (χ0n) is 10.6. The van der Waals surface area contributed by atoms with Gasteiger partial charge >= 0.3 is 0 Å². The van der Waals surface area contributed by atoms with Gasteiger partial charge in [0.05, 0.1) is 25.3 Å². The van der Waals surface area contributed by atoms with Crippen molar-refractivity contribution in [3.05, 3.63) is 36.0 Å². The number of hydrogen-bond acceptors (Lipinski definition) is 4. The molecule has 18 heavy (non-hydrogen) atoms. The molecule has 0 aliphatic rings. The van der Waals surface area contributed by atoms with Crippen molar-refractivity contribution in [1.82, 2.24) is 4.98 Å². The van der Waals surface area contributed by atoms with Gasteiger partial charge in [0, 0.05) is 29.4 Å². The molecule has 1 heterocycles. The van der Waals surface area contributed by atoms with E-state index in [2.05, 4.69) is 4.98 Å². The van der Waals surface area contributed by atoms with Gasteiger partial charge in [-0.05, 0) is 25.1 Å². The Labute approximate surface area is 107 Å². The van der Waals surface area contributed by atoms with Gasteiger partial charge in [0.25, 0.3) is 0 Å². The van der Waals surface area contributed by atoms with Gasteiger partial charge in [0.2, 0.25) is 0 Å². The number of nitrogen functional groups attached to an aromatic ring is 1. The van der Waals surface area contributed by atoms with Crippen LogP contribution in [0.2, 0.25) is 0 Å². The van der Waals surface area contributed by atoms with Crippen LogP contribution in [-0.4, -0.2) is 24.8 Å². The highest BCUT2D eigenvalue weighted by atomic mass is 16.5. The molecule has 2 rings (SSSR count). The number of nitrogens with zero attached hydrogens (tertiary/aromatic N) is 1. The Morgan fingerprint density at radius 2 is 2.00 bits per heavy atom. The summed E-state index contributed by atoms with van der Waals surface area (Å²) in [4.78, 5) is 4.37. The van der Waals surface area contributed by atoms with Gasteiger partial charge in [0.1, 0.15) is 0 Å². The number of anilines is 1. The van der Waals surface area contributed by atoms with Crippen LogP contribution in [0.25, 0.3) is 10.9 Å². The standard InChI is InChI=1S/C14H18N2O2/c1-2-17-8-9-18-10-11-5-6-13(15)12-4-3-7-16-14(11)12/h3-7H,2,8-10,15H2,1H3. The maximum atomic E-state index is 5.92. The Morgan fingerprint density at radius 1 is 1.17 bits per heavy atom. The van der Waals surface area contributed by atoms with Crippen molar-refractivity contribution in [3.8, 4) is 0 Å². The van der Waals surface area contributed by atoms with Crippen LogP contribution in [0, 0.1) is 0 Å². The lowest BCUT2D eigenvalue weighted by molar-refractivity contribution is 0.0456. The van der Waals surface area contributed by atoms with Crippen molar-refractivity contribution in [2.45, 2.75) is 13.5 Å². The van der Waals surface area contributed by atoms with Crippen molar-refractivity contribution in [1.29, 1.82) is 0 Å². The third-order valence-electron chi connectivity index (χ3n) is 2.72. The molecular weight excluding hydrogens is 228 g/mol. The van der Waals surface area contributed by atoms with Crippen molar-refractivity contribution in [3.63, 3.8) is 0 Å². The molecule has 1 aromatic carbocycles. The maximum Gasteiger partial charge on any atom is 0.0777 e. The number of pyridine rings is 1. The minimum Gasteiger partial charge on any atom is -0.398 e. The molecule has 0 aliphatic heterocycles. The van der Waals surface area contributed by atoms with E-state index in [1.807, 2.05) is 31.2 Å². The fourth-order valence-corrected chi connectivity index (χ4v) is 1.81. The minimum atomic E-state index is 0.529. The van der Waals surface area contributed by atoms with Gasteiger partial charge in [-0.3, -0.25) is 4.98 Å². The largest absolute Gasteiger partial charge is 0.398 e. The molecule has 4 heteroatoms. The quantitative estimate of drug-likeness (QED) is 0.628. The first-order valence-corrected chi connectivity index (χ1v) is 6.10. The fraction of sp³-hybridized carbons (Fsp3) is 0.357. The molecule has 0 amide bonds. The van der Waals surface area contributed by atoms with Crippen LogP contribution in [-0.2, 0) is 16.1 Å². The van der Waals surface area contributed by atoms with Crippen LogP contribution in [0.5, 0.6) is 0 Å². The summed E-state index contributed by atoms with van der Waals surface area (Å²) in [5.74, 6) is 0. The van der Waals surface area contributed by atoms with E-state index in [9.17, 15) is 0 Å². The summed E-state index contributed by atoms with van der Waals surface area (Å²) in [5, 5.41) is 0.975. The first kappa shape index (κ1) is 12.8. The second kappa shape index (κ2) is 6.33. The Kier molecular flexibility index (Phi) is 4.50. The predicted octanol–water partition coefficient (Wildman–Crippen LogP) is 2.37. The molecule has 0 unspecified atom stereocenters. The minimum absolute atomic E-state index is 0.529. The highest BCUT2D eigenvalue weighted by Gasteiger charge is 2.04. The van der Waals surface area contributed by atoms with Gasteiger partial charge in [-0.15, -0.1) is 0 Å². The predicted molar refractivity (Wildman–Crippen MR) is 72.3 cm³/mol. The van der Waals surface area contributed by atoms with Crippen LogP contribution in [0.3, 0.4) is 0 Å². The molecule has 2 N–H and O–H groups in total. The number of aromatic nitrogens is 1. The summed E-state index contributed by atoms with van der Waals surface area (Å²) in [6, 6.07) is 7.72. The van der Waals surface area contributed by atoms with E-state index in [-0.39, 0.29) is 0 Å². The second-order valence-corrected chi connectivity index (χ2v) is 3.96. The van der Waals surface area contributed by atoms with Gasteiger partial charge < -0.3 is 15.2 Å². The normalized spacial score (nSPS) is 10.9. The van der Waals surface area contributed by atoms with Gasteiger partial charge in [-0.1, -0.05) is 6.07 Å². The molecule has 2 aromatic rings. The lowest BCUT2D eigenvalue weighted by Gasteiger charge is -2.08. The van der Waals surface area contributed by atoms with E-state index in [0.717, 1.165) is 28.8 Å². The average molecular weight is 246 g/mol. The van der Waals surface area contributed by atoms with Gasteiger partial charge in [-0.25, -0.2) is 0 Å². The lowest BCUT2D eigenvalue weighted by Crippen LogP contribution is -2.04. The number of ether oxygens (including phenoxy) is 2. The Balaban J connectivity index is 2.07. The van der Waals surface area contributed by atoms with Crippen molar-refractivity contribution >= 4 is 16.6 Å². The molecule has 0 bridgehead atoms. The van der Waals surface area contributed by atoms with E-state index in [4.69, 9.17) is 15.2 Å². The van der Waals surface area contributed by atoms with Crippen LogP contribution < -0.4 is 5.73 Å². The number of rotatable bonds is 6. The summed E-state index contributed by atoms with van der Waals surface area (Å²) >= 11 is 0. The maximum absolute atomic E-state index is 5.92. The van der Waals surface area contributed by atoms with Crippen LogP contribution >= 0.6 is 0 Å². The SMILES string of the molecule is CCOCCOCc1ccc(N)c2cccnc12. The monoisotopic (exact) mass is 246 g/mol. The first-order chi connectivity index (χ1) is 8.83. The van der Waals surface area contributed by atoms with Crippen LogP contribution in [0.4, 0.5) is 5.69 Å². The Bertz CT molecular complexity index is 514. The topological polar surface area (TPSA) is 57.4 Å². The highest BCUT2D eigenvalue weighted by molar-refractivity contribution is 5.92. The first-order valence-electron chi connectivity index (χ1n) is 6.10. The second-order valence-electron chi connectivity index (χ2n) is 3.96. The number of hydrogen-bond donors (Lipinski definition) is 1. The van der Waals surface area contributed by atoms with E-state index < -0.39 is 0 Å². The van der Waals surface area contributed by atoms with Crippen molar-refractivity contribution < 1.29 is 9.47 Å². The van der Waals surface area contributed by atoms with Crippen LogP contribution in [0.15, 0.2) is 30.5 Å². The van der Waals surface area contributed by atoms with Gasteiger partial charge in [0.15, 0.2) is 0 Å². The summed E-state index contributed by atoms with van der Waals surface area (Å²) in [7, 11) is 0. The molecule has 0 fully saturated rings. The smallest absolute Gasteiger partial charge is 0.0777 e. The summed E-state index contributed by atoms with van der Waals surface area (Å²) in [5.41, 5.74) is 8.63. The van der Waals surface area contributed by atoms with Crippen molar-refractivity contribution in [2.24, 2.45) is 0 Å². The zero-order chi connectivity index (χ0) is 12.8. The number of nitrogens with two attached hydrogens (primary N) is 1. The van der Waals surface area contributed by atoms with E-state index in [0.29, 0.717) is 19.8 Å². The van der Waals surface area contributed by atoms with Crippen LogP contribution in [0.1, 0.15) is 12.5 Å². The summed E-state index contributed by atoms with van der Waals surface area (Å²) in [6.45, 7) is 4.43. The molecule has 0 atom stereocenters. The molecule has 0 saturated heterocycles. The highest BCUT2D eigenvalue weighted by Crippen LogP contribution is 2.22. The molecule has 96 valence electrons.